The number of hydrogen-bond acceptors (Lipinski definition) is 7. The Morgan fingerprint density at radius 3 is 2.49 bits per heavy atom. The Kier molecular flexibility index (Phi) is 6.83. The zero-order valence-electron chi connectivity index (χ0n) is 23.3. The lowest BCUT2D eigenvalue weighted by molar-refractivity contribution is -0.142. The Morgan fingerprint density at radius 1 is 1.09 bits per heavy atom. The largest absolute Gasteiger partial charge is 0.504 e. The van der Waals surface area contributed by atoms with E-state index < -0.39 is 76.8 Å². The van der Waals surface area contributed by atoms with Crippen molar-refractivity contribution in [3.05, 3.63) is 64.5 Å². The lowest BCUT2D eigenvalue weighted by atomic mass is 9.51. The van der Waals surface area contributed by atoms with Gasteiger partial charge in [0.15, 0.2) is 11.5 Å². The minimum Gasteiger partial charge on any atom is -0.504 e. The van der Waals surface area contributed by atoms with Crippen LogP contribution >= 0.6 is 11.6 Å². The van der Waals surface area contributed by atoms with Crippen molar-refractivity contribution in [3.63, 3.8) is 0 Å². The van der Waals surface area contributed by atoms with Crippen LogP contribution in [0.3, 0.4) is 0 Å². The molecular formula is C31H28ClFN2O8. The summed E-state index contributed by atoms with van der Waals surface area (Å²) in [6.45, 7) is 1.43. The first-order valence-electron chi connectivity index (χ1n) is 13.9. The number of carbonyl (C=O) groups is 5. The van der Waals surface area contributed by atoms with Crippen LogP contribution in [0, 0.1) is 34.9 Å². The average molecular weight is 611 g/mol. The fraction of sp³-hybridized carbons (Fsp3) is 0.387. The van der Waals surface area contributed by atoms with Crippen LogP contribution in [0.15, 0.2) is 48.0 Å². The van der Waals surface area contributed by atoms with Crippen LogP contribution in [-0.2, 0) is 24.0 Å². The van der Waals surface area contributed by atoms with Crippen molar-refractivity contribution >= 4 is 46.9 Å². The van der Waals surface area contributed by atoms with Gasteiger partial charge in [0.2, 0.25) is 23.6 Å². The molecule has 0 bridgehead atoms. The molecule has 10 nitrogen and oxygen atoms in total. The molecule has 0 spiro atoms. The molecule has 6 rings (SSSR count). The fourth-order valence-corrected chi connectivity index (χ4v) is 7.82. The van der Waals surface area contributed by atoms with Gasteiger partial charge in [0, 0.05) is 12.5 Å². The summed E-state index contributed by atoms with van der Waals surface area (Å²) < 4.78 is 19.2. The fourth-order valence-electron chi connectivity index (χ4n) is 7.65. The first-order valence-corrected chi connectivity index (χ1v) is 14.2. The predicted molar refractivity (Wildman–Crippen MR) is 150 cm³/mol. The number of nitrogens with zero attached hydrogens (tertiary/aromatic N) is 2. The topological polar surface area (TPSA) is 142 Å². The summed E-state index contributed by atoms with van der Waals surface area (Å²) >= 11 is 6.01. The molecule has 224 valence electrons. The van der Waals surface area contributed by atoms with Crippen molar-refractivity contribution in [1.29, 1.82) is 0 Å². The monoisotopic (exact) mass is 610 g/mol. The number of benzene rings is 2. The number of carboxylic acid groups (broad SMARTS) is 1. The number of aromatic hydroxyl groups is 1. The lowest BCUT2D eigenvalue weighted by Gasteiger charge is -2.49. The number of rotatable bonds is 6. The Bertz CT molecular complexity index is 1640. The van der Waals surface area contributed by atoms with E-state index in [1.165, 1.54) is 25.3 Å². The molecule has 0 aromatic heterocycles. The number of ether oxygens (including phenoxy) is 1. The standard InChI is InChI=1S/C31H28ClFN2O8/c1-31-19(28(40)35(30(31)42)15-4-7-21(33)20(32)12-15)13-18-16(26(31)14-3-8-23(43-2)22(36)11-14)5-6-17-25(18)29(41)34(27(17)39)10-9-24(37)38/h3-5,7-8,11-12,17-19,25-26,36H,6,9-10,13H2,1-2H3,(H,37,38)/t17-,18+,19-,25-,26-,31+/m0/s1. The highest BCUT2D eigenvalue weighted by atomic mass is 35.5. The van der Waals surface area contributed by atoms with E-state index in [1.807, 2.05) is 6.08 Å². The molecule has 4 aliphatic rings. The smallest absolute Gasteiger partial charge is 0.305 e. The summed E-state index contributed by atoms with van der Waals surface area (Å²) in [4.78, 5) is 68.6. The summed E-state index contributed by atoms with van der Waals surface area (Å²) in [5.41, 5.74) is -0.0519. The van der Waals surface area contributed by atoms with Crippen molar-refractivity contribution in [2.45, 2.75) is 32.1 Å². The summed E-state index contributed by atoms with van der Waals surface area (Å²) in [6, 6.07) is 8.30. The van der Waals surface area contributed by atoms with Gasteiger partial charge in [-0.05, 0) is 61.6 Å². The second kappa shape index (κ2) is 10.2. The second-order valence-electron chi connectivity index (χ2n) is 11.7. The van der Waals surface area contributed by atoms with Gasteiger partial charge in [-0.15, -0.1) is 0 Å². The number of fused-ring (bicyclic) bond motifs is 4. The van der Waals surface area contributed by atoms with Gasteiger partial charge < -0.3 is 14.9 Å². The van der Waals surface area contributed by atoms with Crippen molar-refractivity contribution in [2.75, 3.05) is 18.6 Å². The summed E-state index contributed by atoms with van der Waals surface area (Å²) in [5, 5.41) is 19.6. The summed E-state index contributed by atoms with van der Waals surface area (Å²) in [7, 11) is 1.40. The van der Waals surface area contributed by atoms with E-state index in [9.17, 15) is 33.5 Å². The first kappa shape index (κ1) is 28.9. The normalized spacial score (nSPS) is 29.8. The SMILES string of the molecule is COc1ccc([C@H]2C3=CC[C@@H]4C(=O)N(CCC(=O)O)C(=O)[C@@H]4[C@@H]3C[C@H]3C(=O)N(c4ccc(F)c(Cl)c4)C(=O)[C@@]23C)cc1O. The number of likely N-dealkylation sites (tertiary alicyclic amines) is 1. The molecule has 0 radical (unpaired) electrons. The molecule has 6 atom stereocenters. The van der Waals surface area contributed by atoms with E-state index >= 15 is 0 Å². The van der Waals surface area contributed by atoms with E-state index in [0.717, 1.165) is 15.9 Å². The number of carboxylic acids is 1. The summed E-state index contributed by atoms with van der Waals surface area (Å²) in [5.74, 6) is -7.72. The van der Waals surface area contributed by atoms with Crippen LogP contribution in [0.25, 0.3) is 0 Å². The van der Waals surface area contributed by atoms with Crippen molar-refractivity contribution in [3.8, 4) is 11.5 Å². The number of amides is 4. The van der Waals surface area contributed by atoms with E-state index in [2.05, 4.69) is 0 Å². The van der Waals surface area contributed by atoms with Gasteiger partial charge in [-0.25, -0.2) is 9.29 Å². The Morgan fingerprint density at radius 2 is 1.84 bits per heavy atom. The number of methoxy groups -OCH3 is 1. The third-order valence-electron chi connectivity index (χ3n) is 9.61. The average Bonchev–Trinajstić information content (AvgIpc) is 3.32. The molecule has 3 fully saturated rings. The van der Waals surface area contributed by atoms with Crippen molar-refractivity contribution in [2.24, 2.45) is 29.1 Å². The molecule has 2 N–H and O–H groups in total. The number of hydrogen-bond donors (Lipinski definition) is 2. The lowest BCUT2D eigenvalue weighted by Crippen LogP contribution is -2.48. The van der Waals surface area contributed by atoms with E-state index in [4.69, 9.17) is 21.4 Å². The highest BCUT2D eigenvalue weighted by molar-refractivity contribution is 6.31. The van der Waals surface area contributed by atoms with Gasteiger partial charge in [0.25, 0.3) is 0 Å². The molecule has 12 heteroatoms. The molecule has 2 aromatic carbocycles. The van der Waals surface area contributed by atoms with E-state index in [1.54, 1.807) is 19.1 Å². The van der Waals surface area contributed by atoms with Crippen LogP contribution < -0.4 is 9.64 Å². The van der Waals surface area contributed by atoms with E-state index in [-0.39, 0.29) is 41.6 Å². The molecule has 0 unspecified atom stereocenters. The highest BCUT2D eigenvalue weighted by Crippen LogP contribution is 2.64. The molecule has 2 aliphatic heterocycles. The number of phenolic OH excluding ortho intramolecular Hbond substituents is 1. The van der Waals surface area contributed by atoms with Crippen LogP contribution in [0.2, 0.25) is 5.02 Å². The van der Waals surface area contributed by atoms with Gasteiger partial charge in [0.1, 0.15) is 5.82 Å². The summed E-state index contributed by atoms with van der Waals surface area (Å²) in [6.07, 6.45) is 1.74. The minimum atomic E-state index is -1.37. The Hall–Kier alpha value is -4.25. The number of allylic oxidation sites excluding steroid dienone is 2. The third-order valence-corrected chi connectivity index (χ3v) is 9.90. The maximum absolute atomic E-state index is 14.3. The van der Waals surface area contributed by atoms with Crippen molar-refractivity contribution in [1.82, 2.24) is 4.90 Å². The Balaban J connectivity index is 1.49. The van der Waals surface area contributed by atoms with Gasteiger partial charge >= 0.3 is 5.97 Å². The van der Waals surface area contributed by atoms with Gasteiger partial charge in [-0.1, -0.05) is 29.3 Å². The van der Waals surface area contributed by atoms with Crippen LogP contribution in [0.4, 0.5) is 10.1 Å². The quantitative estimate of drug-likeness (QED) is 0.371. The third kappa shape index (κ3) is 4.16. The number of anilines is 1. The number of phenols is 1. The number of aliphatic carboxylic acids is 1. The number of halogens is 2. The van der Waals surface area contributed by atoms with Crippen LogP contribution in [0.5, 0.6) is 11.5 Å². The van der Waals surface area contributed by atoms with Crippen LogP contribution in [-0.4, -0.2) is 58.4 Å². The van der Waals surface area contributed by atoms with E-state index in [0.29, 0.717) is 11.1 Å². The number of imide groups is 2. The van der Waals surface area contributed by atoms with Gasteiger partial charge in [-0.3, -0.25) is 28.9 Å². The van der Waals surface area contributed by atoms with Gasteiger partial charge in [0.05, 0.1) is 47.4 Å². The zero-order valence-corrected chi connectivity index (χ0v) is 24.0. The predicted octanol–water partition coefficient (Wildman–Crippen LogP) is 3.90. The molecular weight excluding hydrogens is 583 g/mol. The highest BCUT2D eigenvalue weighted by Gasteiger charge is 2.67. The molecule has 2 aliphatic carbocycles. The molecule has 2 heterocycles. The molecule has 1 saturated carbocycles. The van der Waals surface area contributed by atoms with Crippen molar-refractivity contribution < 1.29 is 43.3 Å². The van der Waals surface area contributed by atoms with Gasteiger partial charge in [-0.2, -0.15) is 0 Å². The molecule has 2 saturated heterocycles. The Labute approximate surface area is 250 Å². The molecule has 4 amide bonds. The first-order chi connectivity index (χ1) is 20.4. The second-order valence-corrected chi connectivity index (χ2v) is 12.1. The molecule has 43 heavy (non-hydrogen) atoms. The maximum Gasteiger partial charge on any atom is 0.305 e. The maximum atomic E-state index is 14.3. The molecule has 2 aromatic rings. The number of carbonyl (C=O) groups excluding carboxylic acids is 4. The van der Waals surface area contributed by atoms with Crippen LogP contribution in [0.1, 0.15) is 37.7 Å². The minimum absolute atomic E-state index is 0.0872. The zero-order chi connectivity index (χ0) is 31.0.